The highest BCUT2D eigenvalue weighted by Crippen LogP contribution is 2.43. The van der Waals surface area contributed by atoms with Crippen molar-refractivity contribution in [1.29, 1.82) is 5.26 Å². The van der Waals surface area contributed by atoms with Crippen molar-refractivity contribution in [3.63, 3.8) is 0 Å². The average molecular weight is 198 g/mol. The van der Waals surface area contributed by atoms with Gasteiger partial charge in [0.05, 0.1) is 6.07 Å². The van der Waals surface area contributed by atoms with Crippen LogP contribution in [0.15, 0.2) is 35.5 Å². The van der Waals surface area contributed by atoms with Gasteiger partial charge in [0.1, 0.15) is 0 Å². The van der Waals surface area contributed by atoms with Crippen molar-refractivity contribution in [2.24, 2.45) is 0 Å². The highest BCUT2D eigenvalue weighted by molar-refractivity contribution is 5.69. The zero-order chi connectivity index (χ0) is 11.1. The summed E-state index contributed by atoms with van der Waals surface area (Å²) in [6.07, 6.45) is 0. The molecular weight excluding hydrogens is 184 g/mol. The molecule has 1 N–H and O–H groups in total. The lowest BCUT2D eigenvalue weighted by molar-refractivity contribution is 0.649. The van der Waals surface area contributed by atoms with Gasteiger partial charge in [0.2, 0.25) is 0 Å². The first-order chi connectivity index (χ1) is 7.07. The molecule has 0 radical (unpaired) electrons. The monoisotopic (exact) mass is 198 g/mol. The van der Waals surface area contributed by atoms with Crippen LogP contribution in [0.5, 0.6) is 0 Å². The summed E-state index contributed by atoms with van der Waals surface area (Å²) in [4.78, 5) is 0. The predicted molar refractivity (Wildman–Crippen MR) is 61.4 cm³/mol. The lowest BCUT2D eigenvalue weighted by Crippen LogP contribution is -2.18. The molecule has 0 fully saturated rings. The van der Waals surface area contributed by atoms with E-state index >= 15 is 0 Å². The molecule has 2 nitrogen and oxygen atoms in total. The second kappa shape index (κ2) is 3.13. The van der Waals surface area contributed by atoms with Crippen LogP contribution in [0.1, 0.15) is 26.3 Å². The smallest absolute Gasteiger partial charge is 0.0962 e. The average Bonchev–Trinajstić information content (AvgIpc) is 2.51. The first-order valence-electron chi connectivity index (χ1n) is 5.05. The van der Waals surface area contributed by atoms with Gasteiger partial charge < -0.3 is 5.32 Å². The maximum Gasteiger partial charge on any atom is 0.0962 e. The van der Waals surface area contributed by atoms with E-state index in [1.54, 1.807) is 0 Å². The van der Waals surface area contributed by atoms with Gasteiger partial charge >= 0.3 is 0 Å². The molecule has 0 bridgehead atoms. The van der Waals surface area contributed by atoms with Gasteiger partial charge in [0.15, 0.2) is 0 Å². The molecular formula is C13H14N2. The van der Waals surface area contributed by atoms with Crippen molar-refractivity contribution in [3.05, 3.63) is 41.1 Å². The van der Waals surface area contributed by atoms with Gasteiger partial charge in [0.25, 0.3) is 0 Å². The summed E-state index contributed by atoms with van der Waals surface area (Å²) < 4.78 is 0. The lowest BCUT2D eigenvalue weighted by atomic mass is 9.82. The van der Waals surface area contributed by atoms with Crippen molar-refractivity contribution in [1.82, 2.24) is 0 Å². The minimum Gasteiger partial charge on any atom is -0.357 e. The van der Waals surface area contributed by atoms with Gasteiger partial charge in [-0.3, -0.25) is 0 Å². The molecule has 0 atom stereocenters. The Morgan fingerprint density at radius 2 is 2.00 bits per heavy atom. The van der Waals surface area contributed by atoms with Gasteiger partial charge in [-0.15, -0.1) is 0 Å². The van der Waals surface area contributed by atoms with Crippen LogP contribution in [0.25, 0.3) is 0 Å². The SMILES string of the molecule is CC(C#N)=C1Nc2ccccc2C1(C)C. The third-order valence-electron chi connectivity index (χ3n) is 3.03. The van der Waals surface area contributed by atoms with E-state index in [0.717, 1.165) is 17.0 Å². The molecule has 0 spiro atoms. The third-order valence-corrected chi connectivity index (χ3v) is 3.03. The van der Waals surface area contributed by atoms with Crippen LogP contribution in [-0.2, 0) is 5.41 Å². The minimum atomic E-state index is -0.0869. The molecule has 1 aliphatic heterocycles. The summed E-state index contributed by atoms with van der Waals surface area (Å²) in [7, 11) is 0. The van der Waals surface area contributed by atoms with Crippen LogP contribution in [0, 0.1) is 11.3 Å². The Balaban J connectivity index is 2.63. The van der Waals surface area contributed by atoms with Crippen molar-refractivity contribution in [2.75, 3.05) is 5.32 Å². The molecule has 0 aliphatic carbocycles. The first kappa shape index (κ1) is 9.79. The Hall–Kier alpha value is -1.75. The Morgan fingerprint density at radius 3 is 2.60 bits per heavy atom. The lowest BCUT2D eigenvalue weighted by Gasteiger charge is -2.20. The number of fused-ring (bicyclic) bond motifs is 1. The quantitative estimate of drug-likeness (QED) is 0.650. The molecule has 0 saturated carbocycles. The third kappa shape index (κ3) is 1.32. The maximum absolute atomic E-state index is 8.96. The second-order valence-electron chi connectivity index (χ2n) is 4.41. The molecule has 0 unspecified atom stereocenters. The second-order valence-corrected chi connectivity index (χ2v) is 4.41. The fraction of sp³-hybridized carbons (Fsp3) is 0.308. The predicted octanol–water partition coefficient (Wildman–Crippen LogP) is 3.19. The number of nitriles is 1. The molecule has 15 heavy (non-hydrogen) atoms. The van der Waals surface area contributed by atoms with Crippen LogP contribution >= 0.6 is 0 Å². The number of hydrogen-bond acceptors (Lipinski definition) is 2. The number of hydrogen-bond donors (Lipinski definition) is 1. The maximum atomic E-state index is 8.96. The summed E-state index contributed by atoms with van der Waals surface area (Å²) in [5, 5.41) is 12.3. The largest absolute Gasteiger partial charge is 0.357 e. The number of rotatable bonds is 0. The summed E-state index contributed by atoms with van der Waals surface area (Å²) in [5.41, 5.74) is 4.07. The van der Waals surface area contributed by atoms with Crippen LogP contribution < -0.4 is 5.32 Å². The highest BCUT2D eigenvalue weighted by Gasteiger charge is 2.35. The Morgan fingerprint density at radius 1 is 1.33 bits per heavy atom. The standard InChI is InChI=1S/C13H14N2/c1-9(8-14)12-13(2,3)10-6-4-5-7-11(10)15-12/h4-7,15H,1-3H3. The zero-order valence-corrected chi connectivity index (χ0v) is 9.26. The normalized spacial score (nSPS) is 20.1. The molecule has 1 heterocycles. The van der Waals surface area contributed by atoms with Gasteiger partial charge in [-0.2, -0.15) is 5.26 Å². The molecule has 0 amide bonds. The van der Waals surface area contributed by atoms with E-state index in [-0.39, 0.29) is 5.41 Å². The molecule has 2 heteroatoms. The summed E-state index contributed by atoms with van der Waals surface area (Å²) >= 11 is 0. The van der Waals surface area contributed by atoms with Crippen LogP contribution in [0.4, 0.5) is 5.69 Å². The van der Waals surface area contributed by atoms with E-state index < -0.39 is 0 Å². The van der Waals surface area contributed by atoms with E-state index in [9.17, 15) is 0 Å². The molecule has 1 aliphatic rings. The fourth-order valence-electron chi connectivity index (χ4n) is 2.18. The van der Waals surface area contributed by atoms with Crippen molar-refractivity contribution >= 4 is 5.69 Å². The van der Waals surface area contributed by atoms with E-state index in [1.165, 1.54) is 5.56 Å². The number of benzene rings is 1. The number of nitrogens with one attached hydrogen (secondary N) is 1. The Bertz CT molecular complexity index is 476. The number of para-hydroxylation sites is 1. The molecule has 76 valence electrons. The van der Waals surface area contributed by atoms with Crippen LogP contribution in [-0.4, -0.2) is 0 Å². The van der Waals surface area contributed by atoms with Gasteiger partial charge in [-0.1, -0.05) is 32.0 Å². The van der Waals surface area contributed by atoms with E-state index in [4.69, 9.17) is 5.26 Å². The Kier molecular flexibility index (Phi) is 2.04. The number of anilines is 1. The summed E-state index contributed by atoms with van der Waals surface area (Å²) in [6, 6.07) is 10.4. The first-order valence-corrected chi connectivity index (χ1v) is 5.05. The van der Waals surface area contributed by atoms with Gasteiger partial charge in [0, 0.05) is 22.4 Å². The minimum absolute atomic E-state index is 0.0869. The highest BCUT2D eigenvalue weighted by atomic mass is 15.0. The molecule has 0 saturated heterocycles. The van der Waals surface area contributed by atoms with E-state index in [2.05, 4.69) is 37.4 Å². The molecule has 0 aromatic heterocycles. The molecule has 1 aromatic rings. The molecule has 1 aromatic carbocycles. The molecule has 2 rings (SSSR count). The summed E-state index contributed by atoms with van der Waals surface area (Å²) in [6.45, 7) is 6.14. The summed E-state index contributed by atoms with van der Waals surface area (Å²) in [5.74, 6) is 0. The van der Waals surface area contributed by atoms with Crippen LogP contribution in [0.2, 0.25) is 0 Å². The van der Waals surface area contributed by atoms with E-state index in [0.29, 0.717) is 0 Å². The topological polar surface area (TPSA) is 35.8 Å². The van der Waals surface area contributed by atoms with Crippen LogP contribution in [0.3, 0.4) is 0 Å². The number of allylic oxidation sites excluding steroid dienone is 2. The van der Waals surface area contributed by atoms with Gasteiger partial charge in [-0.05, 0) is 18.6 Å². The zero-order valence-electron chi connectivity index (χ0n) is 9.26. The van der Waals surface area contributed by atoms with Crippen molar-refractivity contribution in [2.45, 2.75) is 26.2 Å². The van der Waals surface area contributed by atoms with Crippen molar-refractivity contribution < 1.29 is 0 Å². The fourth-order valence-corrected chi connectivity index (χ4v) is 2.18. The van der Waals surface area contributed by atoms with E-state index in [1.807, 2.05) is 19.1 Å². The number of nitrogens with zero attached hydrogens (tertiary/aromatic N) is 1. The Labute approximate surface area is 90.2 Å². The van der Waals surface area contributed by atoms with Crippen molar-refractivity contribution in [3.8, 4) is 6.07 Å². The van der Waals surface area contributed by atoms with Gasteiger partial charge in [-0.25, -0.2) is 0 Å².